The summed E-state index contributed by atoms with van der Waals surface area (Å²) in [6.07, 6.45) is 1.49. The van der Waals surface area contributed by atoms with E-state index in [1.807, 2.05) is 12.1 Å². The first kappa shape index (κ1) is 17.0. The van der Waals surface area contributed by atoms with Crippen molar-refractivity contribution in [2.24, 2.45) is 0 Å². The average Bonchev–Trinajstić information content (AvgIpc) is 2.53. The van der Waals surface area contributed by atoms with E-state index < -0.39 is 15.7 Å². The van der Waals surface area contributed by atoms with Crippen LogP contribution in [-0.2, 0) is 21.3 Å². The second-order valence-corrected chi connectivity index (χ2v) is 6.31. The van der Waals surface area contributed by atoms with Crippen molar-refractivity contribution < 1.29 is 13.9 Å². The van der Waals surface area contributed by atoms with Crippen LogP contribution in [0.2, 0.25) is 0 Å². The normalized spacial score (nSPS) is 11.9. The van der Waals surface area contributed by atoms with Crippen LogP contribution < -0.4 is 5.32 Å². The Bertz CT molecular complexity index is 709. The van der Waals surface area contributed by atoms with Gasteiger partial charge in [0.2, 0.25) is 5.82 Å². The summed E-state index contributed by atoms with van der Waals surface area (Å²) in [6.45, 7) is 0.449. The van der Waals surface area contributed by atoms with Crippen LogP contribution in [-0.4, -0.2) is 33.6 Å². The predicted octanol–water partition coefficient (Wildman–Crippen LogP) is 2.63. The molecule has 0 unspecified atom stereocenters. The highest BCUT2D eigenvalue weighted by Gasteiger charge is 2.14. The summed E-state index contributed by atoms with van der Waals surface area (Å²) >= 11 is 0. The summed E-state index contributed by atoms with van der Waals surface area (Å²) in [7, 11) is 0.557. The predicted molar refractivity (Wildman–Crippen MR) is 89.2 cm³/mol. The zero-order chi connectivity index (χ0) is 16.7. The number of rotatable bonds is 8. The summed E-state index contributed by atoms with van der Waals surface area (Å²) in [5.41, 5.74) is 1.44. The van der Waals surface area contributed by atoms with E-state index in [0.717, 1.165) is 5.56 Å². The van der Waals surface area contributed by atoms with Crippen molar-refractivity contribution >= 4 is 28.0 Å². The molecule has 0 aliphatic carbocycles. The number of hydrogen-bond acceptors (Lipinski definition) is 6. The van der Waals surface area contributed by atoms with Gasteiger partial charge in [0, 0.05) is 47.4 Å². The summed E-state index contributed by atoms with van der Waals surface area (Å²) in [5, 5.41) is 13.9. The molecule has 7 nitrogen and oxygen atoms in total. The third-order valence-electron chi connectivity index (χ3n) is 3.02. The molecule has 1 N–H and O–H groups in total. The molecule has 2 rings (SSSR count). The van der Waals surface area contributed by atoms with E-state index in [-0.39, 0.29) is 11.5 Å². The number of anilines is 2. The van der Waals surface area contributed by atoms with Gasteiger partial charge in [-0.3, -0.25) is 14.3 Å². The number of aromatic nitrogens is 1. The van der Waals surface area contributed by atoms with E-state index in [1.54, 1.807) is 19.2 Å². The molecule has 122 valence electrons. The Kier molecular flexibility index (Phi) is 6.19. The molecule has 0 bridgehead atoms. The molecule has 8 heteroatoms. The van der Waals surface area contributed by atoms with Gasteiger partial charge in [0.25, 0.3) is 0 Å². The van der Waals surface area contributed by atoms with Crippen molar-refractivity contribution in [1.29, 1.82) is 0 Å². The summed E-state index contributed by atoms with van der Waals surface area (Å²) < 4.78 is 16.8. The largest absolute Gasteiger partial charge is 0.384 e. The molecule has 1 aromatic heterocycles. The van der Waals surface area contributed by atoms with Gasteiger partial charge < -0.3 is 10.1 Å². The van der Waals surface area contributed by atoms with E-state index in [1.165, 1.54) is 18.3 Å². The molecule has 23 heavy (non-hydrogen) atoms. The van der Waals surface area contributed by atoms with Crippen LogP contribution in [0, 0.1) is 10.1 Å². The van der Waals surface area contributed by atoms with Crippen LogP contribution >= 0.6 is 0 Å². The molecule has 0 saturated carbocycles. The quantitative estimate of drug-likeness (QED) is 0.588. The second kappa shape index (κ2) is 8.35. The minimum atomic E-state index is -1.01. The highest BCUT2D eigenvalue weighted by molar-refractivity contribution is 7.84. The Morgan fingerprint density at radius 2 is 2.17 bits per heavy atom. The fraction of sp³-hybridized carbons (Fsp3) is 0.267. The molecular weight excluding hydrogens is 318 g/mol. The topological polar surface area (TPSA) is 94.4 Å². The Labute approximate surface area is 136 Å². The fourth-order valence-corrected chi connectivity index (χ4v) is 3.00. The van der Waals surface area contributed by atoms with E-state index in [2.05, 4.69) is 10.3 Å². The second-order valence-electron chi connectivity index (χ2n) is 4.73. The summed E-state index contributed by atoms with van der Waals surface area (Å²) in [5.74, 6) is 1.05. The van der Waals surface area contributed by atoms with Gasteiger partial charge in [-0.25, -0.2) is 4.98 Å². The van der Waals surface area contributed by atoms with Gasteiger partial charge in [-0.1, -0.05) is 12.1 Å². The maximum atomic E-state index is 11.9. The van der Waals surface area contributed by atoms with Gasteiger partial charge in [0.15, 0.2) is 0 Å². The minimum Gasteiger partial charge on any atom is -0.384 e. The standard InChI is InChI=1S/C15H17N3O4S/c1-22-8-9-23(21)11-12-4-2-5-13(10-12)17-15-14(18(19)20)6-3-7-16-15/h2-7,10H,8-9,11H2,1H3,(H,16,17)/t23-/m1/s1. The first-order valence-electron chi connectivity index (χ1n) is 6.89. The lowest BCUT2D eigenvalue weighted by molar-refractivity contribution is -0.384. The van der Waals surface area contributed by atoms with Crippen LogP contribution in [0.25, 0.3) is 0 Å². The van der Waals surface area contributed by atoms with Crippen molar-refractivity contribution in [1.82, 2.24) is 4.98 Å². The molecule has 0 spiro atoms. The van der Waals surface area contributed by atoms with Crippen LogP contribution in [0.3, 0.4) is 0 Å². The molecule has 2 aromatic rings. The smallest absolute Gasteiger partial charge is 0.311 e. The van der Waals surface area contributed by atoms with Crippen molar-refractivity contribution in [3.63, 3.8) is 0 Å². The maximum Gasteiger partial charge on any atom is 0.311 e. The van der Waals surface area contributed by atoms with E-state index in [4.69, 9.17) is 4.74 Å². The zero-order valence-corrected chi connectivity index (χ0v) is 13.4. The lowest BCUT2D eigenvalue weighted by Crippen LogP contribution is -2.06. The van der Waals surface area contributed by atoms with Gasteiger partial charge in [-0.2, -0.15) is 0 Å². The van der Waals surface area contributed by atoms with Gasteiger partial charge in [-0.05, 0) is 23.8 Å². The molecule has 0 saturated heterocycles. The lowest BCUT2D eigenvalue weighted by Gasteiger charge is -2.08. The lowest BCUT2D eigenvalue weighted by atomic mass is 10.2. The van der Waals surface area contributed by atoms with Gasteiger partial charge in [0.1, 0.15) is 0 Å². The molecule has 0 aliphatic heterocycles. The molecule has 0 aliphatic rings. The maximum absolute atomic E-state index is 11.9. The first-order chi connectivity index (χ1) is 11.1. The number of benzene rings is 1. The highest BCUT2D eigenvalue weighted by atomic mass is 32.2. The third-order valence-corrected chi connectivity index (χ3v) is 4.29. The number of nitrogens with zero attached hydrogens (tertiary/aromatic N) is 2. The van der Waals surface area contributed by atoms with Gasteiger partial charge in [0.05, 0.1) is 11.5 Å². The van der Waals surface area contributed by atoms with Gasteiger partial charge >= 0.3 is 5.69 Å². The Morgan fingerprint density at radius 1 is 1.35 bits per heavy atom. The molecule has 1 aromatic carbocycles. The van der Waals surface area contributed by atoms with E-state index in [0.29, 0.717) is 23.8 Å². The van der Waals surface area contributed by atoms with Crippen LogP contribution in [0.5, 0.6) is 0 Å². The highest BCUT2D eigenvalue weighted by Crippen LogP contribution is 2.25. The van der Waals surface area contributed by atoms with Crippen LogP contribution in [0.4, 0.5) is 17.2 Å². The number of nitrogens with one attached hydrogen (secondary N) is 1. The van der Waals surface area contributed by atoms with Crippen molar-refractivity contribution in [2.75, 3.05) is 24.8 Å². The van der Waals surface area contributed by atoms with E-state index >= 15 is 0 Å². The SMILES string of the molecule is COCC[S@@](=O)Cc1cccc(Nc2ncccc2[N+](=O)[O-])c1. The minimum absolute atomic E-state index is 0.0958. The number of hydrogen-bond donors (Lipinski definition) is 1. The molecule has 0 radical (unpaired) electrons. The molecule has 0 fully saturated rings. The van der Waals surface area contributed by atoms with E-state index in [9.17, 15) is 14.3 Å². The third kappa shape index (κ3) is 5.11. The Hall–Kier alpha value is -2.32. The Balaban J connectivity index is 2.11. The molecule has 1 heterocycles. The zero-order valence-electron chi connectivity index (χ0n) is 12.6. The Morgan fingerprint density at radius 3 is 2.91 bits per heavy atom. The molecule has 1 atom stereocenters. The van der Waals surface area contributed by atoms with Gasteiger partial charge in [-0.15, -0.1) is 0 Å². The molecule has 0 amide bonds. The number of methoxy groups -OCH3 is 1. The van der Waals surface area contributed by atoms with Crippen molar-refractivity contribution in [3.8, 4) is 0 Å². The van der Waals surface area contributed by atoms with Crippen LogP contribution in [0.1, 0.15) is 5.56 Å². The average molecular weight is 335 g/mol. The van der Waals surface area contributed by atoms with Crippen LogP contribution in [0.15, 0.2) is 42.6 Å². The fourth-order valence-electron chi connectivity index (χ4n) is 1.95. The van der Waals surface area contributed by atoms with Crippen molar-refractivity contribution in [3.05, 3.63) is 58.3 Å². The monoisotopic (exact) mass is 335 g/mol. The number of ether oxygens (including phenoxy) is 1. The van der Waals surface area contributed by atoms with Crippen molar-refractivity contribution in [2.45, 2.75) is 5.75 Å². The summed E-state index contributed by atoms with van der Waals surface area (Å²) in [6, 6.07) is 10.2. The number of nitro groups is 1. The molecular formula is C15H17N3O4S. The first-order valence-corrected chi connectivity index (χ1v) is 8.38. The number of pyridine rings is 1. The summed E-state index contributed by atoms with van der Waals surface area (Å²) in [4.78, 5) is 14.5.